The maximum Gasteiger partial charge on any atom is 0.304 e. The van der Waals surface area contributed by atoms with Crippen molar-refractivity contribution in [2.45, 2.75) is 19.4 Å². The van der Waals surface area contributed by atoms with Crippen LogP contribution in [-0.2, 0) is 15.0 Å². The topological polar surface area (TPSA) is 79.0 Å². The number of anilines is 1. The van der Waals surface area contributed by atoms with Crippen molar-refractivity contribution >= 4 is 21.8 Å². The van der Waals surface area contributed by atoms with Gasteiger partial charge in [-0.25, -0.2) is 8.70 Å². The predicted octanol–water partition coefficient (Wildman–Crippen LogP) is 2.71. The number of nitrogens with one attached hydrogen (secondary N) is 1. The van der Waals surface area contributed by atoms with Crippen LogP contribution in [0.2, 0.25) is 0 Å². The van der Waals surface area contributed by atoms with Crippen molar-refractivity contribution in [2.75, 3.05) is 32.1 Å². The molecule has 0 heterocycles. The third-order valence-electron chi connectivity index (χ3n) is 4.41. The summed E-state index contributed by atoms with van der Waals surface area (Å²) in [6, 6.07) is 12.4. The Labute approximate surface area is 171 Å². The van der Waals surface area contributed by atoms with Gasteiger partial charge in [0, 0.05) is 14.1 Å². The second-order valence-electron chi connectivity index (χ2n) is 6.55. The Hall–Kier alpha value is -2.65. The summed E-state index contributed by atoms with van der Waals surface area (Å²) in [4.78, 5) is 12.7. The van der Waals surface area contributed by atoms with Crippen LogP contribution in [0.25, 0.3) is 0 Å². The minimum Gasteiger partial charge on any atom is -0.497 e. The van der Waals surface area contributed by atoms with Crippen molar-refractivity contribution in [2.24, 2.45) is 0 Å². The molecule has 0 saturated heterocycles. The Morgan fingerprint density at radius 3 is 2.28 bits per heavy atom. The summed E-state index contributed by atoms with van der Waals surface area (Å²) in [5.74, 6) is -0.577. The third-order valence-corrected chi connectivity index (χ3v) is 6.22. The molecule has 7 nitrogen and oxygen atoms in total. The lowest BCUT2D eigenvalue weighted by Crippen LogP contribution is -2.46. The van der Waals surface area contributed by atoms with Crippen LogP contribution >= 0.6 is 0 Å². The van der Waals surface area contributed by atoms with E-state index in [9.17, 15) is 17.6 Å². The molecule has 0 unspecified atom stereocenters. The second kappa shape index (κ2) is 9.71. The van der Waals surface area contributed by atoms with E-state index in [1.165, 1.54) is 32.3 Å². The smallest absolute Gasteiger partial charge is 0.304 e. The number of hydrogen-bond acceptors (Lipinski definition) is 4. The third kappa shape index (κ3) is 5.45. The van der Waals surface area contributed by atoms with Gasteiger partial charge in [-0.05, 0) is 36.2 Å². The molecular formula is C20H26FN3O4S. The van der Waals surface area contributed by atoms with Gasteiger partial charge in [0.2, 0.25) is 5.91 Å². The monoisotopic (exact) mass is 423 g/mol. The van der Waals surface area contributed by atoms with E-state index < -0.39 is 28.5 Å². The molecule has 0 aliphatic rings. The van der Waals surface area contributed by atoms with Crippen LogP contribution in [0, 0.1) is 5.82 Å². The molecule has 158 valence electrons. The summed E-state index contributed by atoms with van der Waals surface area (Å²) >= 11 is 0. The second-order valence-corrected chi connectivity index (χ2v) is 8.62. The van der Waals surface area contributed by atoms with Gasteiger partial charge >= 0.3 is 10.2 Å². The molecule has 29 heavy (non-hydrogen) atoms. The zero-order valence-corrected chi connectivity index (χ0v) is 17.7. The molecule has 1 N–H and O–H groups in total. The van der Waals surface area contributed by atoms with E-state index in [4.69, 9.17) is 4.74 Å². The summed E-state index contributed by atoms with van der Waals surface area (Å²) < 4.78 is 46.5. The van der Waals surface area contributed by atoms with Crippen molar-refractivity contribution in [1.29, 1.82) is 0 Å². The first-order valence-corrected chi connectivity index (χ1v) is 10.5. The SMILES string of the molecule is CC[C@@H](NC(=O)CN(c1ccccc1F)S(=O)(=O)N(C)C)c1ccc(OC)cc1. The van der Waals surface area contributed by atoms with Gasteiger partial charge in [0.1, 0.15) is 18.1 Å². The van der Waals surface area contributed by atoms with Gasteiger partial charge in [0.05, 0.1) is 18.8 Å². The Morgan fingerprint density at radius 1 is 1.14 bits per heavy atom. The minimum absolute atomic E-state index is 0.186. The fourth-order valence-corrected chi connectivity index (χ4v) is 3.84. The first-order valence-electron chi connectivity index (χ1n) is 9.08. The van der Waals surface area contributed by atoms with Gasteiger partial charge in [-0.15, -0.1) is 0 Å². The quantitative estimate of drug-likeness (QED) is 0.673. The van der Waals surface area contributed by atoms with E-state index in [0.717, 1.165) is 20.2 Å². The zero-order chi connectivity index (χ0) is 21.6. The lowest BCUT2D eigenvalue weighted by atomic mass is 10.0. The number of amides is 1. The van der Waals surface area contributed by atoms with Gasteiger partial charge in [-0.2, -0.15) is 12.7 Å². The number of methoxy groups -OCH3 is 1. The molecule has 1 amide bonds. The van der Waals surface area contributed by atoms with Crippen molar-refractivity contribution in [3.8, 4) is 5.75 Å². The average Bonchev–Trinajstić information content (AvgIpc) is 2.70. The number of hydrogen-bond donors (Lipinski definition) is 1. The standard InChI is InChI=1S/C20H26FN3O4S/c1-5-18(15-10-12-16(28-4)13-11-15)22-20(25)14-24(29(26,27)23(2)3)19-9-7-6-8-17(19)21/h6-13,18H,5,14H2,1-4H3,(H,22,25)/t18-/m1/s1. The highest BCUT2D eigenvalue weighted by atomic mass is 32.2. The lowest BCUT2D eigenvalue weighted by molar-refractivity contribution is -0.120. The maximum atomic E-state index is 14.3. The highest BCUT2D eigenvalue weighted by molar-refractivity contribution is 7.90. The molecule has 2 rings (SSSR count). The number of carbonyl (C=O) groups excluding carboxylic acids is 1. The fourth-order valence-electron chi connectivity index (χ4n) is 2.77. The molecule has 2 aromatic carbocycles. The normalized spacial score (nSPS) is 12.5. The average molecular weight is 424 g/mol. The number of nitrogens with zero attached hydrogens (tertiary/aromatic N) is 2. The molecule has 1 atom stereocenters. The zero-order valence-electron chi connectivity index (χ0n) is 16.9. The van der Waals surface area contributed by atoms with Gasteiger partial charge in [-0.3, -0.25) is 4.79 Å². The first kappa shape index (κ1) is 22.6. The first-order chi connectivity index (χ1) is 13.7. The Morgan fingerprint density at radius 2 is 1.76 bits per heavy atom. The maximum absolute atomic E-state index is 14.3. The van der Waals surface area contributed by atoms with Crippen molar-refractivity contribution in [3.05, 3.63) is 59.9 Å². The highest BCUT2D eigenvalue weighted by Crippen LogP contribution is 2.24. The van der Waals surface area contributed by atoms with Crippen molar-refractivity contribution < 1.29 is 22.3 Å². The van der Waals surface area contributed by atoms with Gasteiger partial charge in [0.25, 0.3) is 0 Å². The Kier molecular flexibility index (Phi) is 7.58. The van der Waals surface area contributed by atoms with Crippen LogP contribution in [0.5, 0.6) is 5.75 Å². The van der Waals surface area contributed by atoms with Crippen LogP contribution in [0.4, 0.5) is 10.1 Å². The summed E-state index contributed by atoms with van der Waals surface area (Å²) in [6.07, 6.45) is 0.595. The van der Waals surface area contributed by atoms with E-state index in [-0.39, 0.29) is 11.7 Å². The number of ether oxygens (including phenoxy) is 1. The number of rotatable bonds is 9. The summed E-state index contributed by atoms with van der Waals surface area (Å²) in [5, 5.41) is 2.82. The van der Waals surface area contributed by atoms with E-state index in [1.54, 1.807) is 19.2 Å². The van der Waals surface area contributed by atoms with Crippen LogP contribution in [0.3, 0.4) is 0 Å². The van der Waals surface area contributed by atoms with Crippen molar-refractivity contribution in [1.82, 2.24) is 9.62 Å². The van der Waals surface area contributed by atoms with E-state index in [2.05, 4.69) is 5.32 Å². The van der Waals surface area contributed by atoms with Crippen LogP contribution in [0.1, 0.15) is 24.9 Å². The largest absolute Gasteiger partial charge is 0.497 e. The molecule has 0 fully saturated rings. The fraction of sp³-hybridized carbons (Fsp3) is 0.350. The molecule has 0 aliphatic heterocycles. The van der Waals surface area contributed by atoms with E-state index in [1.807, 2.05) is 19.1 Å². The molecule has 2 aromatic rings. The van der Waals surface area contributed by atoms with E-state index in [0.29, 0.717) is 12.2 Å². The number of carbonyl (C=O) groups is 1. The molecule has 0 radical (unpaired) electrons. The predicted molar refractivity (Wildman–Crippen MR) is 111 cm³/mol. The van der Waals surface area contributed by atoms with Gasteiger partial charge in [0.15, 0.2) is 0 Å². The highest BCUT2D eigenvalue weighted by Gasteiger charge is 2.29. The molecule has 0 aliphatic carbocycles. The van der Waals surface area contributed by atoms with Gasteiger partial charge in [-0.1, -0.05) is 31.2 Å². The number of benzene rings is 2. The summed E-state index contributed by atoms with van der Waals surface area (Å²) in [5.41, 5.74) is 0.670. The minimum atomic E-state index is -4.08. The molecule has 0 aromatic heterocycles. The van der Waals surface area contributed by atoms with Crippen molar-refractivity contribution in [3.63, 3.8) is 0 Å². The van der Waals surface area contributed by atoms with Crippen LogP contribution in [-0.4, -0.2) is 46.4 Å². The van der Waals surface area contributed by atoms with E-state index >= 15 is 0 Å². The lowest BCUT2D eigenvalue weighted by Gasteiger charge is -2.28. The molecule has 0 bridgehead atoms. The molecular weight excluding hydrogens is 397 g/mol. The van der Waals surface area contributed by atoms with Crippen LogP contribution in [0.15, 0.2) is 48.5 Å². The summed E-state index contributed by atoms with van der Waals surface area (Å²) in [7, 11) is 0.143. The summed E-state index contributed by atoms with van der Waals surface area (Å²) in [6.45, 7) is 1.36. The Balaban J connectivity index is 2.25. The molecule has 0 spiro atoms. The van der Waals surface area contributed by atoms with Gasteiger partial charge < -0.3 is 10.1 Å². The van der Waals surface area contributed by atoms with Crippen LogP contribution < -0.4 is 14.4 Å². The Bertz CT molecular complexity index is 933. The number of halogens is 1. The molecule has 9 heteroatoms. The molecule has 0 saturated carbocycles. The number of para-hydroxylation sites is 1.